The van der Waals surface area contributed by atoms with Gasteiger partial charge in [-0.1, -0.05) is 0 Å². The standard InChI is InChI=1S/C8H16N2O2/c1-6(12)10-3-2-8(9)7(4-10)5-11/h7-8,11H,2-5,9H2,1H3. The van der Waals surface area contributed by atoms with E-state index < -0.39 is 0 Å². The summed E-state index contributed by atoms with van der Waals surface area (Å²) in [4.78, 5) is 12.7. The minimum absolute atomic E-state index is 0.0469. The number of piperidine rings is 1. The van der Waals surface area contributed by atoms with Crippen LogP contribution in [0.15, 0.2) is 0 Å². The van der Waals surface area contributed by atoms with Crippen molar-refractivity contribution < 1.29 is 9.90 Å². The van der Waals surface area contributed by atoms with E-state index in [9.17, 15) is 4.79 Å². The fraction of sp³-hybridized carbons (Fsp3) is 0.875. The van der Waals surface area contributed by atoms with Gasteiger partial charge in [0.05, 0.1) is 0 Å². The van der Waals surface area contributed by atoms with Crippen molar-refractivity contribution in [3.8, 4) is 0 Å². The van der Waals surface area contributed by atoms with Gasteiger partial charge in [-0.25, -0.2) is 0 Å². The van der Waals surface area contributed by atoms with Gasteiger partial charge in [0.15, 0.2) is 0 Å². The molecule has 0 radical (unpaired) electrons. The minimum atomic E-state index is 0.0469. The van der Waals surface area contributed by atoms with E-state index >= 15 is 0 Å². The summed E-state index contributed by atoms with van der Waals surface area (Å²) in [5.41, 5.74) is 5.75. The van der Waals surface area contributed by atoms with E-state index in [0.717, 1.165) is 13.0 Å². The molecule has 0 aromatic heterocycles. The van der Waals surface area contributed by atoms with Gasteiger partial charge in [-0.3, -0.25) is 4.79 Å². The third-order valence-electron chi connectivity index (χ3n) is 2.47. The van der Waals surface area contributed by atoms with E-state index in [-0.39, 0.29) is 24.5 Å². The summed E-state index contributed by atoms with van der Waals surface area (Å²) in [5.74, 6) is 0.128. The largest absolute Gasteiger partial charge is 0.396 e. The van der Waals surface area contributed by atoms with E-state index in [0.29, 0.717) is 6.54 Å². The average Bonchev–Trinajstić information content (AvgIpc) is 2.05. The molecule has 1 fully saturated rings. The van der Waals surface area contributed by atoms with Crippen molar-refractivity contribution in [2.75, 3.05) is 19.7 Å². The van der Waals surface area contributed by atoms with Crippen molar-refractivity contribution in [3.05, 3.63) is 0 Å². The Bertz CT molecular complexity index is 172. The zero-order valence-electron chi connectivity index (χ0n) is 7.36. The van der Waals surface area contributed by atoms with Crippen LogP contribution in [-0.2, 0) is 4.79 Å². The second kappa shape index (κ2) is 3.87. The molecule has 0 bridgehead atoms. The van der Waals surface area contributed by atoms with Crippen molar-refractivity contribution in [2.24, 2.45) is 11.7 Å². The third kappa shape index (κ3) is 1.95. The molecule has 1 heterocycles. The molecule has 70 valence electrons. The molecule has 4 nitrogen and oxygen atoms in total. The Morgan fingerprint density at radius 3 is 2.92 bits per heavy atom. The topological polar surface area (TPSA) is 66.6 Å². The summed E-state index contributed by atoms with van der Waals surface area (Å²) in [6, 6.07) is 0.0469. The van der Waals surface area contributed by atoms with Crippen LogP contribution in [-0.4, -0.2) is 41.7 Å². The molecule has 12 heavy (non-hydrogen) atoms. The summed E-state index contributed by atoms with van der Waals surface area (Å²) in [7, 11) is 0. The molecule has 1 saturated heterocycles. The maximum atomic E-state index is 11.0. The monoisotopic (exact) mass is 172 g/mol. The lowest BCUT2D eigenvalue weighted by atomic mass is 9.94. The van der Waals surface area contributed by atoms with Crippen LogP contribution in [0.5, 0.6) is 0 Å². The molecule has 1 rings (SSSR count). The molecule has 1 aliphatic heterocycles. The first kappa shape index (κ1) is 9.48. The second-order valence-corrected chi connectivity index (χ2v) is 3.36. The molecule has 0 spiro atoms. The van der Waals surface area contributed by atoms with Gasteiger partial charge in [-0.15, -0.1) is 0 Å². The molecule has 4 heteroatoms. The predicted molar refractivity (Wildman–Crippen MR) is 45.4 cm³/mol. The number of hydrogen-bond donors (Lipinski definition) is 2. The molecule has 0 aromatic carbocycles. The highest BCUT2D eigenvalue weighted by atomic mass is 16.3. The smallest absolute Gasteiger partial charge is 0.219 e. The Hall–Kier alpha value is -0.610. The fourth-order valence-corrected chi connectivity index (χ4v) is 1.53. The van der Waals surface area contributed by atoms with Crippen LogP contribution in [0.3, 0.4) is 0 Å². The van der Waals surface area contributed by atoms with Crippen LogP contribution in [0.4, 0.5) is 0 Å². The Labute approximate surface area is 72.3 Å². The first-order valence-corrected chi connectivity index (χ1v) is 4.27. The number of amides is 1. The fourth-order valence-electron chi connectivity index (χ4n) is 1.53. The lowest BCUT2D eigenvalue weighted by Gasteiger charge is -2.35. The maximum absolute atomic E-state index is 11.0. The Morgan fingerprint density at radius 2 is 2.42 bits per heavy atom. The van der Waals surface area contributed by atoms with Gasteiger partial charge in [0.2, 0.25) is 5.91 Å². The molecule has 3 N–H and O–H groups in total. The quantitative estimate of drug-likeness (QED) is 0.543. The summed E-state index contributed by atoms with van der Waals surface area (Å²) >= 11 is 0. The molecule has 0 saturated carbocycles. The molecule has 1 amide bonds. The maximum Gasteiger partial charge on any atom is 0.219 e. The Balaban J connectivity index is 2.49. The van der Waals surface area contributed by atoms with Crippen molar-refractivity contribution in [1.29, 1.82) is 0 Å². The normalized spacial score (nSPS) is 30.4. The van der Waals surface area contributed by atoms with E-state index in [1.54, 1.807) is 11.8 Å². The van der Waals surface area contributed by atoms with Crippen LogP contribution < -0.4 is 5.73 Å². The van der Waals surface area contributed by atoms with Gasteiger partial charge in [-0.2, -0.15) is 0 Å². The predicted octanol–water partition coefficient (Wildman–Crippen LogP) is -0.826. The summed E-state index contributed by atoms with van der Waals surface area (Å²) in [6.45, 7) is 2.95. The van der Waals surface area contributed by atoms with Crippen LogP contribution in [0.2, 0.25) is 0 Å². The number of nitrogens with zero attached hydrogens (tertiary/aromatic N) is 1. The third-order valence-corrected chi connectivity index (χ3v) is 2.47. The van der Waals surface area contributed by atoms with Gasteiger partial charge < -0.3 is 15.7 Å². The number of aliphatic hydroxyl groups excluding tert-OH is 1. The summed E-state index contributed by atoms with van der Waals surface area (Å²) in [5, 5.41) is 8.94. The SMILES string of the molecule is CC(=O)N1CCC(N)C(CO)C1. The molecular formula is C8H16N2O2. The second-order valence-electron chi connectivity index (χ2n) is 3.36. The number of carbonyl (C=O) groups excluding carboxylic acids is 1. The van der Waals surface area contributed by atoms with Crippen molar-refractivity contribution >= 4 is 5.91 Å². The van der Waals surface area contributed by atoms with Gasteiger partial charge in [0.25, 0.3) is 0 Å². The van der Waals surface area contributed by atoms with Crippen LogP contribution in [0.1, 0.15) is 13.3 Å². The number of hydrogen-bond acceptors (Lipinski definition) is 3. The lowest BCUT2D eigenvalue weighted by molar-refractivity contribution is -0.131. The van der Waals surface area contributed by atoms with Gasteiger partial charge >= 0.3 is 0 Å². The highest BCUT2D eigenvalue weighted by molar-refractivity contribution is 5.73. The summed E-state index contributed by atoms with van der Waals surface area (Å²) in [6.07, 6.45) is 0.796. The van der Waals surface area contributed by atoms with E-state index in [4.69, 9.17) is 10.8 Å². The van der Waals surface area contributed by atoms with Gasteiger partial charge in [0.1, 0.15) is 0 Å². The van der Waals surface area contributed by atoms with Crippen LogP contribution in [0.25, 0.3) is 0 Å². The van der Waals surface area contributed by atoms with Crippen molar-refractivity contribution in [1.82, 2.24) is 4.90 Å². The molecule has 2 unspecified atom stereocenters. The van der Waals surface area contributed by atoms with E-state index in [2.05, 4.69) is 0 Å². The molecule has 2 atom stereocenters. The highest BCUT2D eigenvalue weighted by Gasteiger charge is 2.26. The highest BCUT2D eigenvalue weighted by Crippen LogP contribution is 2.14. The number of likely N-dealkylation sites (tertiary alicyclic amines) is 1. The number of carbonyl (C=O) groups is 1. The Kier molecular flexibility index (Phi) is 3.05. The Morgan fingerprint density at radius 1 is 1.75 bits per heavy atom. The van der Waals surface area contributed by atoms with Gasteiger partial charge in [-0.05, 0) is 6.42 Å². The zero-order valence-corrected chi connectivity index (χ0v) is 7.36. The van der Waals surface area contributed by atoms with E-state index in [1.165, 1.54) is 0 Å². The van der Waals surface area contributed by atoms with Crippen LogP contribution >= 0.6 is 0 Å². The molecule has 1 aliphatic rings. The average molecular weight is 172 g/mol. The first-order valence-electron chi connectivity index (χ1n) is 4.27. The molecule has 0 aliphatic carbocycles. The number of rotatable bonds is 1. The van der Waals surface area contributed by atoms with Gasteiger partial charge in [0, 0.05) is 38.6 Å². The molecular weight excluding hydrogens is 156 g/mol. The van der Waals surface area contributed by atoms with E-state index in [1.807, 2.05) is 0 Å². The minimum Gasteiger partial charge on any atom is -0.396 e. The lowest BCUT2D eigenvalue weighted by Crippen LogP contribution is -2.49. The molecule has 0 aromatic rings. The van der Waals surface area contributed by atoms with Crippen molar-refractivity contribution in [3.63, 3.8) is 0 Å². The summed E-state index contributed by atoms with van der Waals surface area (Å²) < 4.78 is 0. The first-order chi connectivity index (χ1) is 5.65. The zero-order chi connectivity index (χ0) is 9.14. The number of aliphatic hydroxyl groups is 1. The van der Waals surface area contributed by atoms with Crippen molar-refractivity contribution in [2.45, 2.75) is 19.4 Å². The number of nitrogens with two attached hydrogens (primary N) is 1. The van der Waals surface area contributed by atoms with Crippen LogP contribution in [0, 0.1) is 5.92 Å².